The Hall–Kier alpha value is -3.76. The molecule has 226 valence electrons. The maximum atomic E-state index is 13.3. The van der Waals surface area contributed by atoms with Gasteiger partial charge in [0, 0.05) is 51.2 Å². The van der Waals surface area contributed by atoms with Gasteiger partial charge in [0.25, 0.3) is 0 Å². The first-order chi connectivity index (χ1) is 19.9. The number of carbonyl (C=O) groups excluding carboxylic acids is 6. The van der Waals surface area contributed by atoms with Crippen LogP contribution in [0.2, 0.25) is 0 Å². The minimum Gasteiger partial charge on any atom is -0.352 e. The van der Waals surface area contributed by atoms with E-state index in [1.54, 1.807) is 31.2 Å². The molecule has 11 nitrogen and oxygen atoms in total. The second-order valence-electron chi connectivity index (χ2n) is 11.1. The number of unbranched alkanes of at least 4 members (excludes halogenated alkanes) is 2. The quantitative estimate of drug-likeness (QED) is 0.165. The number of aryl methyl sites for hydroxylation is 1. The minimum atomic E-state index is -0.769. The molecule has 1 saturated heterocycles. The maximum Gasteiger partial charge on any atom is 0.312 e. The predicted molar refractivity (Wildman–Crippen MR) is 155 cm³/mol. The number of likely N-dealkylation sites (tertiary alicyclic amines) is 1. The molecule has 0 radical (unpaired) electrons. The highest BCUT2D eigenvalue weighted by Crippen LogP contribution is 2.21. The minimum absolute atomic E-state index is 0.0906. The van der Waals surface area contributed by atoms with Crippen molar-refractivity contribution in [3.05, 3.63) is 29.8 Å². The van der Waals surface area contributed by atoms with Crippen LogP contribution in [0.25, 0.3) is 0 Å². The fraction of sp³-hybridized carbons (Fsp3) is 0.600. The molecule has 1 fully saturated rings. The van der Waals surface area contributed by atoms with Gasteiger partial charge in [0.15, 0.2) is 5.78 Å². The number of imide groups is 1. The van der Waals surface area contributed by atoms with E-state index in [1.165, 1.54) is 4.90 Å². The Morgan fingerprint density at radius 2 is 1.78 bits per heavy atom. The molecular formula is C30H45N5O6. The van der Waals surface area contributed by atoms with Gasteiger partial charge < -0.3 is 21.7 Å². The van der Waals surface area contributed by atoms with Gasteiger partial charge in [-0.05, 0) is 50.6 Å². The van der Waals surface area contributed by atoms with Crippen molar-refractivity contribution in [3.8, 4) is 0 Å². The first kappa shape index (κ1) is 31.8. The summed E-state index contributed by atoms with van der Waals surface area (Å²) in [6.07, 6.45) is 2.92. The van der Waals surface area contributed by atoms with E-state index >= 15 is 0 Å². The third-order valence-corrected chi connectivity index (χ3v) is 7.15. The number of nitrogens with two attached hydrogens (primary N) is 1. The number of benzene rings is 1. The molecule has 1 aromatic rings. The molecule has 0 aromatic heterocycles. The summed E-state index contributed by atoms with van der Waals surface area (Å²) in [4.78, 5) is 75.4. The number of hydrogen-bond donors (Lipinski definition) is 4. The van der Waals surface area contributed by atoms with E-state index in [1.807, 2.05) is 13.8 Å². The lowest BCUT2D eigenvalue weighted by Crippen LogP contribution is -2.45. The number of ketones is 1. The molecule has 1 aliphatic heterocycles. The van der Waals surface area contributed by atoms with Crippen LogP contribution in [0.15, 0.2) is 24.3 Å². The lowest BCUT2D eigenvalue weighted by molar-refractivity contribution is -0.139. The van der Waals surface area contributed by atoms with Crippen LogP contribution in [0.1, 0.15) is 79.1 Å². The number of Topliss-reactive ketones (excluding diaryl/α,β-unsaturated/α-hetero) is 1. The van der Waals surface area contributed by atoms with Crippen LogP contribution in [0, 0.1) is 24.7 Å². The van der Waals surface area contributed by atoms with Crippen molar-refractivity contribution < 1.29 is 30.1 Å². The fourth-order valence-electron chi connectivity index (χ4n) is 4.77. The number of urea groups is 1. The fourth-order valence-corrected chi connectivity index (χ4v) is 4.77. The molecule has 0 saturated carbocycles. The number of primary amides is 1. The number of nitrogens with zero attached hydrogens (tertiary/aromatic N) is 1. The second-order valence-corrected chi connectivity index (χ2v) is 11.1. The zero-order chi connectivity index (χ0) is 31.2. The van der Waals surface area contributed by atoms with Crippen LogP contribution in [-0.2, 0) is 24.0 Å². The van der Waals surface area contributed by atoms with Gasteiger partial charge in [-0.3, -0.25) is 28.9 Å². The van der Waals surface area contributed by atoms with Gasteiger partial charge in [0.2, 0.25) is 23.6 Å². The largest absolute Gasteiger partial charge is 0.352 e. The van der Waals surface area contributed by atoms with Gasteiger partial charge in [-0.2, -0.15) is 0 Å². The van der Waals surface area contributed by atoms with Crippen molar-refractivity contribution in [2.24, 2.45) is 23.5 Å². The van der Waals surface area contributed by atoms with Crippen molar-refractivity contribution in [1.29, 1.82) is 0 Å². The monoisotopic (exact) mass is 572 g/mol. The van der Waals surface area contributed by atoms with Crippen LogP contribution >= 0.6 is 0 Å². The summed E-state index contributed by atoms with van der Waals surface area (Å²) in [5.41, 5.74) is 6.48. The first-order valence-corrected chi connectivity index (χ1v) is 14.3. The van der Waals surface area contributed by atoms with E-state index in [4.69, 9.17) is 7.10 Å². The molecule has 5 N–H and O–H groups in total. The molecule has 0 spiro atoms. The van der Waals surface area contributed by atoms with Crippen molar-refractivity contribution in [2.75, 3.05) is 18.4 Å². The van der Waals surface area contributed by atoms with Gasteiger partial charge >= 0.3 is 6.03 Å². The van der Waals surface area contributed by atoms with Crippen LogP contribution in [0.3, 0.4) is 0 Å². The molecule has 3 atom stereocenters. The van der Waals surface area contributed by atoms with Crippen LogP contribution < -0.4 is 21.7 Å². The van der Waals surface area contributed by atoms with Crippen LogP contribution in [-0.4, -0.2) is 59.5 Å². The third-order valence-electron chi connectivity index (χ3n) is 7.15. The highest BCUT2D eigenvalue weighted by Gasteiger charge is 2.35. The Morgan fingerprint density at radius 3 is 2.37 bits per heavy atom. The summed E-state index contributed by atoms with van der Waals surface area (Å²) in [6.45, 7) is 6.13. The molecule has 0 bridgehead atoms. The topological polar surface area (TPSA) is 168 Å². The summed E-state index contributed by atoms with van der Waals surface area (Å²) in [5, 5.41) is 8.14. The second kappa shape index (κ2) is 16.5. The maximum absolute atomic E-state index is 13.3. The lowest BCUT2D eigenvalue weighted by atomic mass is 9.89. The molecule has 2 rings (SSSR count). The molecular weight excluding hydrogens is 526 g/mol. The van der Waals surface area contributed by atoms with Crippen LogP contribution in [0.5, 0.6) is 0 Å². The van der Waals surface area contributed by atoms with Crippen molar-refractivity contribution in [2.45, 2.75) is 85.1 Å². The number of amides is 6. The predicted octanol–water partition coefficient (Wildman–Crippen LogP) is 3.05. The Bertz CT molecular complexity index is 1110. The standard InChI is InChI=1S/C30H45N5O6/c1-19(2)27(34-25(37)10-6-5-7-16-35-26(38)17-21(4)29(35)40)24(36)18-22(9-8-15-32-30(31)41)28(39)33-23-13-11-20(3)12-14-23/h11-14,19,21-22,27H,5-10,15-18H2,1-4H3,(H,33,39)(H,34,37)(H3,31,32,41)/t21?,22-,27+/m1/s1/i3D. The average molecular weight is 573 g/mol. The van der Waals surface area contributed by atoms with Crippen molar-refractivity contribution >= 4 is 41.1 Å². The lowest BCUT2D eigenvalue weighted by Gasteiger charge is -2.24. The van der Waals surface area contributed by atoms with E-state index in [9.17, 15) is 28.8 Å². The molecule has 1 aliphatic rings. The summed E-state index contributed by atoms with van der Waals surface area (Å²) in [6, 6.07) is 5.46. The zero-order valence-electron chi connectivity index (χ0n) is 25.4. The Labute approximate surface area is 243 Å². The number of nitrogens with one attached hydrogen (secondary N) is 3. The Balaban J connectivity index is 1.91. The van der Waals surface area contributed by atoms with Gasteiger partial charge in [-0.25, -0.2) is 4.79 Å². The van der Waals surface area contributed by atoms with Crippen molar-refractivity contribution in [3.63, 3.8) is 0 Å². The van der Waals surface area contributed by atoms with E-state index in [0.29, 0.717) is 44.3 Å². The Morgan fingerprint density at radius 1 is 1.07 bits per heavy atom. The van der Waals surface area contributed by atoms with E-state index in [2.05, 4.69) is 16.0 Å². The number of rotatable bonds is 17. The summed E-state index contributed by atoms with van der Waals surface area (Å²) in [5.74, 6) is -2.34. The first-order valence-electron chi connectivity index (χ1n) is 15.0. The Kier molecular flexibility index (Phi) is 12.8. The highest BCUT2D eigenvalue weighted by molar-refractivity contribution is 6.03. The SMILES string of the molecule is [2H]Cc1ccc(NC(=O)[C@H](CCCNC(N)=O)CC(=O)[C@@H](NC(=O)CCCCCN2C(=O)CC(C)C2=O)C(C)C)cc1. The molecule has 11 heteroatoms. The van der Waals surface area contributed by atoms with Crippen molar-refractivity contribution in [1.82, 2.24) is 15.5 Å². The third kappa shape index (κ3) is 11.3. The van der Waals surface area contributed by atoms with Gasteiger partial charge in [-0.15, -0.1) is 0 Å². The van der Waals surface area contributed by atoms with Gasteiger partial charge in [-0.1, -0.05) is 44.9 Å². The summed E-state index contributed by atoms with van der Waals surface area (Å²) >= 11 is 0. The summed E-state index contributed by atoms with van der Waals surface area (Å²) < 4.78 is 7.44. The molecule has 1 unspecified atom stereocenters. The molecule has 41 heavy (non-hydrogen) atoms. The molecule has 1 heterocycles. The van der Waals surface area contributed by atoms with E-state index in [-0.39, 0.29) is 74.0 Å². The zero-order valence-corrected chi connectivity index (χ0v) is 24.4. The smallest absolute Gasteiger partial charge is 0.312 e. The number of anilines is 1. The summed E-state index contributed by atoms with van der Waals surface area (Å²) in [7, 11) is 0. The van der Waals surface area contributed by atoms with Crippen LogP contribution in [0.4, 0.5) is 10.5 Å². The number of hydrogen-bond acceptors (Lipinski definition) is 6. The van der Waals surface area contributed by atoms with Gasteiger partial charge in [0.1, 0.15) is 0 Å². The van der Waals surface area contributed by atoms with E-state index in [0.717, 1.165) is 5.56 Å². The number of carbonyl (C=O) groups is 6. The van der Waals surface area contributed by atoms with Gasteiger partial charge in [0.05, 0.1) is 6.04 Å². The average Bonchev–Trinajstić information content (AvgIpc) is 3.18. The van der Waals surface area contributed by atoms with E-state index < -0.39 is 18.0 Å². The molecule has 0 aliphatic carbocycles. The molecule has 6 amide bonds. The molecule has 1 aromatic carbocycles. The normalized spacial score (nSPS) is 16.7. The highest BCUT2D eigenvalue weighted by atomic mass is 16.2.